The van der Waals surface area contributed by atoms with E-state index in [0.29, 0.717) is 12.1 Å². The smallest absolute Gasteiger partial charge is 0.123 e. The van der Waals surface area contributed by atoms with Crippen molar-refractivity contribution in [3.05, 3.63) is 42.1 Å². The Morgan fingerprint density at radius 2 is 1.78 bits per heavy atom. The fourth-order valence-electron chi connectivity index (χ4n) is 3.53. The van der Waals surface area contributed by atoms with Crippen LogP contribution in [-0.4, -0.2) is 15.6 Å². The average molecular weight is 313 g/mol. The molecule has 0 radical (unpaired) electrons. The number of imidazole rings is 1. The molecule has 0 saturated heterocycles. The van der Waals surface area contributed by atoms with Gasteiger partial charge in [-0.1, -0.05) is 19.3 Å². The molecule has 1 N–H and O–H groups in total. The molecule has 0 unspecified atom stereocenters. The number of halogens is 1. The van der Waals surface area contributed by atoms with Gasteiger partial charge in [0, 0.05) is 23.8 Å². The van der Waals surface area contributed by atoms with Crippen molar-refractivity contribution < 1.29 is 4.39 Å². The number of hydrogen-bond donors (Lipinski definition) is 1. The summed E-state index contributed by atoms with van der Waals surface area (Å²) in [4.78, 5) is 4.83. The van der Waals surface area contributed by atoms with Gasteiger partial charge in [0.05, 0.1) is 12.2 Å². The number of aromatic nitrogens is 2. The second kappa shape index (κ2) is 6.44. The number of benzene rings is 1. The zero-order valence-electron chi connectivity index (χ0n) is 13.5. The Morgan fingerprint density at radius 3 is 2.48 bits per heavy atom. The fraction of sp³-hybridized carbons (Fsp3) is 0.526. The lowest BCUT2D eigenvalue weighted by atomic mass is 9.95. The molecule has 2 aliphatic rings. The molecule has 1 aromatic heterocycles. The van der Waals surface area contributed by atoms with Crippen LogP contribution < -0.4 is 5.32 Å². The van der Waals surface area contributed by atoms with Gasteiger partial charge in [-0.25, -0.2) is 9.37 Å². The van der Waals surface area contributed by atoms with Crippen LogP contribution in [0, 0.1) is 5.82 Å². The minimum Gasteiger partial charge on any atom is -0.330 e. The molecule has 2 saturated carbocycles. The van der Waals surface area contributed by atoms with Crippen molar-refractivity contribution in [1.82, 2.24) is 14.9 Å². The maximum Gasteiger partial charge on any atom is 0.123 e. The molecular weight excluding hydrogens is 289 g/mol. The lowest BCUT2D eigenvalue weighted by molar-refractivity contribution is 0.367. The van der Waals surface area contributed by atoms with Gasteiger partial charge < -0.3 is 9.88 Å². The third-order valence-electron chi connectivity index (χ3n) is 5.04. The molecule has 1 aromatic carbocycles. The summed E-state index contributed by atoms with van der Waals surface area (Å²) in [6, 6.07) is 7.89. The van der Waals surface area contributed by atoms with E-state index in [-0.39, 0.29) is 5.82 Å². The maximum absolute atomic E-state index is 13.1. The lowest BCUT2D eigenvalue weighted by Gasteiger charge is -2.22. The number of hydrogen-bond acceptors (Lipinski definition) is 2. The number of nitrogens with zero attached hydrogens (tertiary/aromatic N) is 2. The number of nitrogens with one attached hydrogen (secondary N) is 1. The molecule has 0 amide bonds. The normalized spacial score (nSPS) is 19.2. The molecule has 2 aromatic rings. The Balaban J connectivity index is 1.52. The van der Waals surface area contributed by atoms with Gasteiger partial charge in [-0.05, 0) is 49.9 Å². The fourth-order valence-corrected chi connectivity index (χ4v) is 3.53. The van der Waals surface area contributed by atoms with E-state index in [1.807, 2.05) is 12.1 Å². The molecule has 4 rings (SSSR count). The Morgan fingerprint density at radius 1 is 1.04 bits per heavy atom. The maximum atomic E-state index is 13.1. The summed E-state index contributed by atoms with van der Waals surface area (Å²) in [5, 5.41) is 3.69. The summed E-state index contributed by atoms with van der Waals surface area (Å²) in [6.07, 6.45) is 11.3. The lowest BCUT2D eigenvalue weighted by Crippen LogP contribution is -2.31. The van der Waals surface area contributed by atoms with Gasteiger partial charge in [-0.3, -0.25) is 0 Å². The summed E-state index contributed by atoms with van der Waals surface area (Å²) >= 11 is 0. The summed E-state index contributed by atoms with van der Waals surface area (Å²) in [7, 11) is 0. The van der Waals surface area contributed by atoms with E-state index in [9.17, 15) is 4.39 Å². The van der Waals surface area contributed by atoms with E-state index in [0.717, 1.165) is 23.6 Å². The summed E-state index contributed by atoms with van der Waals surface area (Å²) in [5.74, 6) is 0.923. The van der Waals surface area contributed by atoms with E-state index in [2.05, 4.69) is 16.1 Å². The van der Waals surface area contributed by atoms with Crippen LogP contribution in [0.3, 0.4) is 0 Å². The van der Waals surface area contributed by atoms with E-state index in [1.165, 1.54) is 57.1 Å². The van der Waals surface area contributed by atoms with Crippen LogP contribution >= 0.6 is 0 Å². The van der Waals surface area contributed by atoms with Crippen molar-refractivity contribution in [2.24, 2.45) is 0 Å². The topological polar surface area (TPSA) is 29.9 Å². The van der Waals surface area contributed by atoms with Gasteiger partial charge in [-0.2, -0.15) is 0 Å². The van der Waals surface area contributed by atoms with Crippen LogP contribution in [0.5, 0.6) is 0 Å². The highest BCUT2D eigenvalue weighted by Gasteiger charge is 2.27. The van der Waals surface area contributed by atoms with E-state index in [4.69, 9.17) is 4.98 Å². The summed E-state index contributed by atoms with van der Waals surface area (Å²) in [6.45, 7) is 0.836. The quantitative estimate of drug-likeness (QED) is 0.884. The Hall–Kier alpha value is -1.68. The van der Waals surface area contributed by atoms with Crippen molar-refractivity contribution in [2.45, 2.75) is 63.6 Å². The van der Waals surface area contributed by atoms with Gasteiger partial charge >= 0.3 is 0 Å². The van der Waals surface area contributed by atoms with Gasteiger partial charge in [0.2, 0.25) is 0 Å². The number of rotatable bonds is 5. The minimum atomic E-state index is -0.199. The standard InChI is InChI=1S/C19H24FN3/c20-15-8-6-14(7-9-15)18-13-23(17-10-11-17)19(22-18)12-21-16-4-2-1-3-5-16/h6-9,13,16-17,21H,1-5,10-12H2. The third-order valence-corrected chi connectivity index (χ3v) is 5.04. The summed E-state index contributed by atoms with van der Waals surface area (Å²) in [5.41, 5.74) is 1.95. The molecule has 0 spiro atoms. The second-order valence-corrected chi connectivity index (χ2v) is 6.90. The molecule has 4 heteroatoms. The van der Waals surface area contributed by atoms with Crippen molar-refractivity contribution in [3.63, 3.8) is 0 Å². The largest absolute Gasteiger partial charge is 0.330 e. The minimum absolute atomic E-state index is 0.199. The molecule has 23 heavy (non-hydrogen) atoms. The van der Waals surface area contributed by atoms with Crippen molar-refractivity contribution >= 4 is 0 Å². The molecule has 2 aliphatic carbocycles. The first-order chi connectivity index (χ1) is 11.3. The van der Waals surface area contributed by atoms with Crippen LogP contribution in [0.1, 0.15) is 56.8 Å². The first-order valence-corrected chi connectivity index (χ1v) is 8.87. The Labute approximate surface area is 136 Å². The highest BCUT2D eigenvalue weighted by Crippen LogP contribution is 2.37. The van der Waals surface area contributed by atoms with E-state index < -0.39 is 0 Å². The molecular formula is C19H24FN3. The third kappa shape index (κ3) is 3.47. The first kappa shape index (κ1) is 14.9. The second-order valence-electron chi connectivity index (χ2n) is 6.90. The van der Waals surface area contributed by atoms with Crippen LogP contribution in [0.4, 0.5) is 4.39 Å². The molecule has 0 atom stereocenters. The monoisotopic (exact) mass is 313 g/mol. The zero-order chi connectivity index (χ0) is 15.6. The van der Waals surface area contributed by atoms with Gasteiger partial charge in [0.15, 0.2) is 0 Å². The molecule has 3 nitrogen and oxygen atoms in total. The first-order valence-electron chi connectivity index (χ1n) is 8.87. The average Bonchev–Trinajstić information content (AvgIpc) is 3.35. The molecule has 1 heterocycles. The van der Waals surface area contributed by atoms with Gasteiger partial charge in [0.25, 0.3) is 0 Å². The van der Waals surface area contributed by atoms with Gasteiger partial charge in [0.1, 0.15) is 11.6 Å². The molecule has 122 valence electrons. The van der Waals surface area contributed by atoms with Crippen LogP contribution in [-0.2, 0) is 6.54 Å². The van der Waals surface area contributed by atoms with Crippen LogP contribution in [0.2, 0.25) is 0 Å². The van der Waals surface area contributed by atoms with E-state index in [1.54, 1.807) is 0 Å². The highest BCUT2D eigenvalue weighted by molar-refractivity contribution is 5.58. The van der Waals surface area contributed by atoms with Crippen LogP contribution in [0.15, 0.2) is 30.5 Å². The SMILES string of the molecule is Fc1ccc(-c2cn(C3CC3)c(CNC3CCCCC3)n2)cc1. The Kier molecular flexibility index (Phi) is 4.17. The van der Waals surface area contributed by atoms with Crippen molar-refractivity contribution in [2.75, 3.05) is 0 Å². The molecule has 0 aliphatic heterocycles. The molecule has 2 fully saturated rings. The highest BCUT2D eigenvalue weighted by atomic mass is 19.1. The predicted octanol–water partition coefficient (Wildman–Crippen LogP) is 4.45. The Bertz CT molecular complexity index is 652. The van der Waals surface area contributed by atoms with Crippen LogP contribution in [0.25, 0.3) is 11.3 Å². The van der Waals surface area contributed by atoms with E-state index >= 15 is 0 Å². The zero-order valence-corrected chi connectivity index (χ0v) is 13.5. The summed E-state index contributed by atoms with van der Waals surface area (Å²) < 4.78 is 15.4. The van der Waals surface area contributed by atoms with Crippen molar-refractivity contribution in [1.29, 1.82) is 0 Å². The molecule has 0 bridgehead atoms. The van der Waals surface area contributed by atoms with Crippen molar-refractivity contribution in [3.8, 4) is 11.3 Å². The predicted molar refractivity (Wildman–Crippen MR) is 89.6 cm³/mol. The van der Waals surface area contributed by atoms with Gasteiger partial charge in [-0.15, -0.1) is 0 Å².